The van der Waals surface area contributed by atoms with Crippen molar-refractivity contribution in [3.63, 3.8) is 0 Å². The Balaban J connectivity index is 1.44. The summed E-state index contributed by atoms with van der Waals surface area (Å²) in [4.78, 5) is 26.5. The Labute approximate surface area is 213 Å². The predicted molar refractivity (Wildman–Crippen MR) is 142 cm³/mol. The smallest absolute Gasteiger partial charge is 0.328 e. The predicted octanol–water partition coefficient (Wildman–Crippen LogP) is 5.60. The molecule has 2 atom stereocenters. The fourth-order valence-corrected chi connectivity index (χ4v) is 6.03. The van der Waals surface area contributed by atoms with Crippen LogP contribution in [0, 0.1) is 19.8 Å². The van der Waals surface area contributed by atoms with Gasteiger partial charge in [-0.05, 0) is 79.0 Å². The fourth-order valence-electron chi connectivity index (χ4n) is 6.03. The van der Waals surface area contributed by atoms with Gasteiger partial charge in [0, 0.05) is 5.69 Å². The fraction of sp³-hybridized carbons (Fsp3) is 0.355. The van der Waals surface area contributed by atoms with Crippen LogP contribution in [0.15, 0.2) is 66.7 Å². The second-order valence-electron chi connectivity index (χ2n) is 10.3. The molecule has 1 aliphatic heterocycles. The molecule has 0 bridgehead atoms. The van der Waals surface area contributed by atoms with Crippen molar-refractivity contribution in [3.8, 4) is 5.75 Å². The SMILES string of the molecule is Cc1ccc2c(c1C)NC(=O)C2(c1ccc(OC(=O)C(N)Cc2ccccc2)cc1)C1CCCCC1. The van der Waals surface area contributed by atoms with Gasteiger partial charge in [0.1, 0.15) is 17.2 Å². The quantitative estimate of drug-likeness (QED) is 0.354. The number of ether oxygens (including phenoxy) is 1. The van der Waals surface area contributed by atoms with E-state index in [-0.39, 0.29) is 11.8 Å². The number of esters is 1. The molecular weight excluding hydrogens is 448 g/mol. The highest BCUT2D eigenvalue weighted by atomic mass is 16.5. The van der Waals surface area contributed by atoms with Gasteiger partial charge in [0.15, 0.2) is 0 Å². The standard InChI is InChI=1S/C31H34N2O3/c1-20-13-18-26-28(21(20)2)33-30(35)31(26,23-11-7-4-8-12-23)24-14-16-25(17-15-24)36-29(34)27(32)19-22-9-5-3-6-10-22/h3,5-6,9-10,13-18,23,27H,4,7-8,11-12,19,32H2,1-2H3,(H,33,35). The third-order valence-corrected chi connectivity index (χ3v) is 8.10. The van der Waals surface area contributed by atoms with Crippen LogP contribution in [-0.4, -0.2) is 17.9 Å². The molecule has 5 heteroatoms. The first-order chi connectivity index (χ1) is 17.4. The summed E-state index contributed by atoms with van der Waals surface area (Å²) in [6.07, 6.45) is 5.93. The normalized spacial score (nSPS) is 20.5. The molecule has 3 N–H and O–H groups in total. The van der Waals surface area contributed by atoms with Gasteiger partial charge in [-0.15, -0.1) is 0 Å². The third kappa shape index (κ3) is 4.22. The van der Waals surface area contributed by atoms with Crippen LogP contribution in [0.2, 0.25) is 0 Å². The van der Waals surface area contributed by atoms with Crippen molar-refractivity contribution in [1.29, 1.82) is 0 Å². The van der Waals surface area contributed by atoms with Crippen LogP contribution in [0.3, 0.4) is 0 Å². The molecule has 5 nitrogen and oxygen atoms in total. The van der Waals surface area contributed by atoms with Crippen LogP contribution >= 0.6 is 0 Å². The van der Waals surface area contributed by atoms with Crippen LogP contribution < -0.4 is 15.8 Å². The summed E-state index contributed by atoms with van der Waals surface area (Å²) < 4.78 is 5.61. The first-order valence-electron chi connectivity index (χ1n) is 12.9. The van der Waals surface area contributed by atoms with E-state index in [2.05, 4.69) is 31.3 Å². The molecule has 3 aromatic carbocycles. The van der Waals surface area contributed by atoms with Crippen molar-refractivity contribution >= 4 is 17.6 Å². The maximum atomic E-state index is 13.8. The Morgan fingerprint density at radius 2 is 1.69 bits per heavy atom. The lowest BCUT2D eigenvalue weighted by Crippen LogP contribution is -2.43. The molecule has 36 heavy (non-hydrogen) atoms. The summed E-state index contributed by atoms with van der Waals surface area (Å²) in [7, 11) is 0. The number of carbonyl (C=O) groups excluding carboxylic acids is 2. The number of aryl methyl sites for hydroxylation is 1. The minimum atomic E-state index is -0.751. The van der Waals surface area contributed by atoms with Gasteiger partial charge in [-0.1, -0.05) is 73.9 Å². The molecule has 2 aliphatic rings. The Morgan fingerprint density at radius 3 is 2.39 bits per heavy atom. The highest BCUT2D eigenvalue weighted by molar-refractivity contribution is 6.09. The van der Waals surface area contributed by atoms with E-state index in [1.807, 2.05) is 42.5 Å². The van der Waals surface area contributed by atoms with Crippen LogP contribution in [0.25, 0.3) is 0 Å². The molecular formula is C31H34N2O3. The summed E-state index contributed by atoms with van der Waals surface area (Å²) in [5.41, 5.74) is 11.6. The monoisotopic (exact) mass is 482 g/mol. The molecule has 186 valence electrons. The van der Waals surface area contributed by atoms with Gasteiger partial charge in [-0.3, -0.25) is 4.79 Å². The van der Waals surface area contributed by atoms with Crippen molar-refractivity contribution in [2.75, 3.05) is 5.32 Å². The van der Waals surface area contributed by atoms with Crippen LogP contribution in [0.1, 0.15) is 59.9 Å². The average molecular weight is 483 g/mol. The lowest BCUT2D eigenvalue weighted by Gasteiger charge is -2.39. The molecule has 0 aromatic heterocycles. The molecule has 0 saturated heterocycles. The molecule has 1 saturated carbocycles. The molecule has 1 amide bonds. The Morgan fingerprint density at radius 1 is 1.00 bits per heavy atom. The van der Waals surface area contributed by atoms with Crippen LogP contribution in [0.5, 0.6) is 5.75 Å². The zero-order valence-electron chi connectivity index (χ0n) is 21.1. The minimum Gasteiger partial charge on any atom is -0.425 e. The molecule has 1 fully saturated rings. The summed E-state index contributed by atoms with van der Waals surface area (Å²) >= 11 is 0. The second-order valence-corrected chi connectivity index (χ2v) is 10.3. The van der Waals surface area contributed by atoms with E-state index >= 15 is 0 Å². The van der Waals surface area contributed by atoms with E-state index in [9.17, 15) is 9.59 Å². The number of benzene rings is 3. The summed E-state index contributed by atoms with van der Waals surface area (Å²) in [6.45, 7) is 4.15. The summed E-state index contributed by atoms with van der Waals surface area (Å²) in [5.74, 6) is 0.239. The molecule has 0 radical (unpaired) electrons. The number of fused-ring (bicyclic) bond motifs is 1. The van der Waals surface area contributed by atoms with E-state index in [1.165, 1.54) is 12.0 Å². The Hall–Kier alpha value is -3.44. The minimum absolute atomic E-state index is 0.0488. The highest BCUT2D eigenvalue weighted by Crippen LogP contribution is 2.53. The van der Waals surface area contributed by atoms with E-state index in [0.717, 1.165) is 53.6 Å². The number of nitrogens with two attached hydrogens (primary N) is 1. The average Bonchev–Trinajstić information content (AvgIpc) is 3.21. The van der Waals surface area contributed by atoms with Gasteiger partial charge in [-0.25, -0.2) is 4.79 Å². The Bertz CT molecular complexity index is 1260. The largest absolute Gasteiger partial charge is 0.425 e. The molecule has 2 unspecified atom stereocenters. The topological polar surface area (TPSA) is 81.4 Å². The molecule has 1 heterocycles. The van der Waals surface area contributed by atoms with Crippen molar-refractivity contribution in [3.05, 3.63) is 94.5 Å². The number of rotatable bonds is 6. The first kappa shape index (κ1) is 24.3. The Kier molecular flexibility index (Phi) is 6.67. The third-order valence-electron chi connectivity index (χ3n) is 8.10. The number of nitrogens with one attached hydrogen (secondary N) is 1. The first-order valence-corrected chi connectivity index (χ1v) is 12.9. The summed E-state index contributed by atoms with van der Waals surface area (Å²) in [6, 6.07) is 20.6. The molecule has 1 aliphatic carbocycles. The van der Waals surface area contributed by atoms with Gasteiger partial charge >= 0.3 is 5.97 Å². The number of hydrogen-bond donors (Lipinski definition) is 2. The number of amides is 1. The number of hydrogen-bond acceptors (Lipinski definition) is 4. The highest BCUT2D eigenvalue weighted by Gasteiger charge is 2.53. The lowest BCUT2D eigenvalue weighted by atomic mass is 9.62. The number of carbonyl (C=O) groups is 2. The second kappa shape index (κ2) is 9.90. The zero-order valence-corrected chi connectivity index (χ0v) is 21.1. The van der Waals surface area contributed by atoms with Crippen molar-refractivity contribution in [1.82, 2.24) is 0 Å². The van der Waals surface area contributed by atoms with E-state index in [4.69, 9.17) is 10.5 Å². The van der Waals surface area contributed by atoms with Gasteiger partial charge in [-0.2, -0.15) is 0 Å². The molecule has 3 aromatic rings. The van der Waals surface area contributed by atoms with E-state index < -0.39 is 17.4 Å². The maximum Gasteiger partial charge on any atom is 0.328 e. The lowest BCUT2D eigenvalue weighted by molar-refractivity contribution is -0.135. The van der Waals surface area contributed by atoms with E-state index in [0.29, 0.717) is 12.2 Å². The number of anilines is 1. The van der Waals surface area contributed by atoms with Gasteiger partial charge in [0.25, 0.3) is 0 Å². The molecule has 0 spiro atoms. The van der Waals surface area contributed by atoms with Gasteiger partial charge in [0.2, 0.25) is 5.91 Å². The van der Waals surface area contributed by atoms with Crippen molar-refractivity contribution < 1.29 is 14.3 Å². The van der Waals surface area contributed by atoms with Crippen LogP contribution in [0.4, 0.5) is 5.69 Å². The summed E-state index contributed by atoms with van der Waals surface area (Å²) in [5, 5.41) is 3.24. The van der Waals surface area contributed by atoms with Crippen molar-refractivity contribution in [2.24, 2.45) is 11.7 Å². The maximum absolute atomic E-state index is 13.8. The van der Waals surface area contributed by atoms with Gasteiger partial charge < -0.3 is 15.8 Å². The van der Waals surface area contributed by atoms with Crippen LogP contribution in [-0.2, 0) is 21.4 Å². The van der Waals surface area contributed by atoms with E-state index in [1.54, 1.807) is 12.1 Å². The van der Waals surface area contributed by atoms with Gasteiger partial charge in [0.05, 0.1) is 0 Å². The van der Waals surface area contributed by atoms with Crippen molar-refractivity contribution in [2.45, 2.75) is 63.8 Å². The zero-order chi connectivity index (χ0) is 25.3. The molecule has 5 rings (SSSR count).